The Morgan fingerprint density at radius 1 is 1.12 bits per heavy atom. The topological polar surface area (TPSA) is 51.9 Å². The second-order valence-corrected chi connectivity index (χ2v) is 5.87. The van der Waals surface area contributed by atoms with Crippen LogP contribution in [0.1, 0.15) is 11.1 Å². The van der Waals surface area contributed by atoms with E-state index in [2.05, 4.69) is 0 Å². The molecule has 24 heavy (non-hydrogen) atoms. The highest BCUT2D eigenvalue weighted by Crippen LogP contribution is 2.33. The van der Waals surface area contributed by atoms with E-state index in [1.54, 1.807) is 7.11 Å². The Morgan fingerprint density at radius 2 is 1.92 bits per heavy atom. The van der Waals surface area contributed by atoms with Crippen molar-refractivity contribution < 1.29 is 13.9 Å². The van der Waals surface area contributed by atoms with Crippen LogP contribution in [0.4, 0.5) is 5.69 Å². The highest BCUT2D eigenvalue weighted by molar-refractivity contribution is 5.85. The highest BCUT2D eigenvalue weighted by atomic mass is 16.5. The molecule has 0 saturated heterocycles. The van der Waals surface area contributed by atoms with Crippen molar-refractivity contribution in [2.45, 2.75) is 13.5 Å². The number of hydrogen-bond donors (Lipinski definition) is 0. The second-order valence-electron chi connectivity index (χ2n) is 5.87. The van der Waals surface area contributed by atoms with Gasteiger partial charge in [-0.2, -0.15) is 0 Å². The molecule has 1 aliphatic rings. The van der Waals surface area contributed by atoms with Gasteiger partial charge in [-0.3, -0.25) is 0 Å². The number of methoxy groups -OCH3 is 1. The molecule has 2 aromatic carbocycles. The molecule has 1 aliphatic heterocycles. The Balaban J connectivity index is 1.74. The molecule has 5 nitrogen and oxygen atoms in total. The third kappa shape index (κ3) is 2.38. The summed E-state index contributed by atoms with van der Waals surface area (Å²) in [6.07, 6.45) is 0. The van der Waals surface area contributed by atoms with E-state index in [0.717, 1.165) is 22.4 Å². The zero-order valence-corrected chi connectivity index (χ0v) is 13.5. The summed E-state index contributed by atoms with van der Waals surface area (Å²) in [5, 5.41) is 0.838. The molecular formula is C19H17NO4. The average Bonchev–Trinajstić information content (AvgIpc) is 2.61. The number of nitrogens with zero attached hydrogens (tertiary/aromatic N) is 1. The van der Waals surface area contributed by atoms with Gasteiger partial charge in [0.1, 0.15) is 17.1 Å². The van der Waals surface area contributed by atoms with E-state index < -0.39 is 0 Å². The Bertz CT molecular complexity index is 960. The SMILES string of the molecule is COc1ccc(N2COc3c(c(=O)oc4cc(C)ccc34)C2)cc1. The number of fused-ring (bicyclic) bond motifs is 3. The van der Waals surface area contributed by atoms with Gasteiger partial charge in [-0.1, -0.05) is 6.07 Å². The van der Waals surface area contributed by atoms with Crippen molar-refractivity contribution >= 4 is 16.7 Å². The van der Waals surface area contributed by atoms with Gasteiger partial charge in [-0.25, -0.2) is 4.79 Å². The van der Waals surface area contributed by atoms with Crippen molar-refractivity contribution in [2.75, 3.05) is 18.7 Å². The fourth-order valence-electron chi connectivity index (χ4n) is 2.96. The zero-order chi connectivity index (χ0) is 16.7. The van der Waals surface area contributed by atoms with Crippen LogP contribution in [-0.2, 0) is 6.54 Å². The zero-order valence-electron chi connectivity index (χ0n) is 13.5. The molecule has 0 aliphatic carbocycles. The quantitative estimate of drug-likeness (QED) is 0.676. The van der Waals surface area contributed by atoms with Crippen LogP contribution in [-0.4, -0.2) is 13.8 Å². The summed E-state index contributed by atoms with van der Waals surface area (Å²) in [4.78, 5) is 14.4. The number of rotatable bonds is 2. The van der Waals surface area contributed by atoms with E-state index in [1.165, 1.54) is 0 Å². The number of benzene rings is 2. The maximum Gasteiger partial charge on any atom is 0.345 e. The van der Waals surface area contributed by atoms with Gasteiger partial charge in [0.05, 0.1) is 24.6 Å². The van der Waals surface area contributed by atoms with Crippen molar-refractivity contribution in [1.82, 2.24) is 0 Å². The lowest BCUT2D eigenvalue weighted by Crippen LogP contribution is -2.34. The molecule has 0 amide bonds. The lowest BCUT2D eigenvalue weighted by atomic mass is 10.1. The molecule has 122 valence electrons. The monoisotopic (exact) mass is 323 g/mol. The van der Waals surface area contributed by atoms with Crippen molar-refractivity contribution in [3.63, 3.8) is 0 Å². The molecule has 0 atom stereocenters. The predicted molar refractivity (Wildman–Crippen MR) is 91.9 cm³/mol. The third-order valence-corrected chi connectivity index (χ3v) is 4.26. The highest BCUT2D eigenvalue weighted by Gasteiger charge is 2.24. The van der Waals surface area contributed by atoms with Gasteiger partial charge in [0.2, 0.25) is 0 Å². The fourth-order valence-corrected chi connectivity index (χ4v) is 2.96. The van der Waals surface area contributed by atoms with Gasteiger partial charge < -0.3 is 18.8 Å². The molecule has 3 aromatic rings. The molecule has 0 fully saturated rings. The first-order valence-corrected chi connectivity index (χ1v) is 7.74. The second kappa shape index (κ2) is 5.60. The summed E-state index contributed by atoms with van der Waals surface area (Å²) < 4.78 is 16.6. The molecule has 0 bridgehead atoms. The Hall–Kier alpha value is -2.95. The van der Waals surface area contributed by atoms with Crippen LogP contribution < -0.4 is 20.0 Å². The first-order valence-electron chi connectivity index (χ1n) is 7.74. The number of aryl methyl sites for hydroxylation is 1. The van der Waals surface area contributed by atoms with Gasteiger partial charge in [-0.15, -0.1) is 0 Å². The fraction of sp³-hybridized carbons (Fsp3) is 0.211. The van der Waals surface area contributed by atoms with Gasteiger partial charge in [0.25, 0.3) is 0 Å². The van der Waals surface area contributed by atoms with Crippen molar-refractivity contribution in [3.8, 4) is 11.5 Å². The van der Waals surface area contributed by atoms with Gasteiger partial charge in [-0.05, 0) is 48.9 Å². The maximum absolute atomic E-state index is 12.4. The summed E-state index contributed by atoms with van der Waals surface area (Å²) >= 11 is 0. The summed E-state index contributed by atoms with van der Waals surface area (Å²) in [7, 11) is 1.63. The molecule has 1 aromatic heterocycles. The first-order chi connectivity index (χ1) is 11.7. The minimum absolute atomic E-state index is 0.346. The largest absolute Gasteiger partial charge is 0.497 e. The molecule has 0 N–H and O–H groups in total. The van der Waals surface area contributed by atoms with E-state index >= 15 is 0 Å². The summed E-state index contributed by atoms with van der Waals surface area (Å²) in [5.41, 5.74) is 2.78. The Morgan fingerprint density at radius 3 is 2.67 bits per heavy atom. The first kappa shape index (κ1) is 14.6. The molecule has 5 heteroatoms. The maximum atomic E-state index is 12.4. The van der Waals surface area contributed by atoms with Crippen molar-refractivity contribution in [1.29, 1.82) is 0 Å². The smallest absolute Gasteiger partial charge is 0.345 e. The third-order valence-electron chi connectivity index (χ3n) is 4.26. The van der Waals surface area contributed by atoms with Crippen molar-refractivity contribution in [2.24, 2.45) is 0 Å². The Labute approximate surface area is 139 Å². The van der Waals surface area contributed by atoms with Crippen molar-refractivity contribution in [3.05, 3.63) is 64.0 Å². The van der Waals surface area contributed by atoms with E-state index in [9.17, 15) is 4.79 Å². The van der Waals surface area contributed by atoms with E-state index in [1.807, 2.05) is 54.3 Å². The van der Waals surface area contributed by atoms with Gasteiger partial charge in [0.15, 0.2) is 6.73 Å². The molecule has 4 rings (SSSR count). The summed E-state index contributed by atoms with van der Waals surface area (Å²) in [6.45, 7) is 2.80. The van der Waals surface area contributed by atoms with Crippen LogP contribution in [0.5, 0.6) is 11.5 Å². The Kier molecular flexibility index (Phi) is 3.41. The molecule has 0 radical (unpaired) electrons. The normalized spacial score (nSPS) is 13.5. The van der Waals surface area contributed by atoms with Gasteiger partial charge >= 0.3 is 5.63 Å². The van der Waals surface area contributed by atoms with Gasteiger partial charge in [0, 0.05) is 5.69 Å². The molecule has 0 unspecified atom stereocenters. The molecule has 0 spiro atoms. The minimum atomic E-state index is -0.346. The molecular weight excluding hydrogens is 306 g/mol. The van der Waals surface area contributed by atoms with Crippen LogP contribution in [0.3, 0.4) is 0 Å². The average molecular weight is 323 g/mol. The standard InChI is InChI=1S/C19H17NO4/c1-12-3-8-15-17(9-12)24-19(21)16-10-20(11-23-18(15)16)13-4-6-14(22-2)7-5-13/h3-9H,10-11H2,1-2H3. The molecule has 2 heterocycles. The number of hydrogen-bond acceptors (Lipinski definition) is 5. The van der Waals surface area contributed by atoms with Crippen LogP contribution >= 0.6 is 0 Å². The summed E-state index contributed by atoms with van der Waals surface area (Å²) in [5.74, 6) is 1.42. The predicted octanol–water partition coefficient (Wildman–Crippen LogP) is 3.47. The van der Waals surface area contributed by atoms with E-state index in [0.29, 0.717) is 30.2 Å². The molecule has 0 saturated carbocycles. The number of anilines is 1. The van der Waals surface area contributed by atoms with Crippen LogP contribution in [0, 0.1) is 6.92 Å². The van der Waals surface area contributed by atoms with E-state index in [4.69, 9.17) is 13.9 Å². The lowest BCUT2D eigenvalue weighted by molar-refractivity contribution is 0.287. The van der Waals surface area contributed by atoms with E-state index in [-0.39, 0.29) is 5.63 Å². The summed E-state index contributed by atoms with van der Waals surface area (Å²) in [6, 6.07) is 13.4. The minimum Gasteiger partial charge on any atom is -0.497 e. The van der Waals surface area contributed by atoms with Crippen LogP contribution in [0.25, 0.3) is 11.0 Å². The number of ether oxygens (including phenoxy) is 2. The van der Waals surface area contributed by atoms with Crippen LogP contribution in [0.2, 0.25) is 0 Å². The van der Waals surface area contributed by atoms with Crippen LogP contribution in [0.15, 0.2) is 51.7 Å². The lowest BCUT2D eigenvalue weighted by Gasteiger charge is -2.30.